The number of rotatable bonds is 12. The Bertz CT molecular complexity index is 1050. The zero-order chi connectivity index (χ0) is 23.6. The van der Waals surface area contributed by atoms with Crippen LogP contribution >= 0.6 is 0 Å². The second kappa shape index (κ2) is 12.1. The fraction of sp³-hybridized carbons (Fsp3) is 0.407. The molecule has 0 spiro atoms. The summed E-state index contributed by atoms with van der Waals surface area (Å²) < 4.78 is 7.87. The molecule has 6 nitrogen and oxygen atoms in total. The molecule has 1 aromatic carbocycles. The Morgan fingerprint density at radius 3 is 2.58 bits per heavy atom. The number of carbonyl (C=O) groups excluding carboxylic acids is 2. The van der Waals surface area contributed by atoms with Crippen LogP contribution in [0.5, 0.6) is 0 Å². The average molecular weight is 450 g/mol. The molecule has 0 unspecified atom stereocenters. The second-order valence-corrected chi connectivity index (χ2v) is 8.40. The summed E-state index contributed by atoms with van der Waals surface area (Å²) in [5.74, 6) is 0.904. The number of furan rings is 1. The van der Waals surface area contributed by atoms with Crippen molar-refractivity contribution in [1.82, 2.24) is 14.8 Å². The van der Waals surface area contributed by atoms with Crippen LogP contribution in [0.25, 0.3) is 0 Å². The van der Waals surface area contributed by atoms with Gasteiger partial charge in [0.15, 0.2) is 5.76 Å². The smallest absolute Gasteiger partial charge is 0.286 e. The summed E-state index contributed by atoms with van der Waals surface area (Å²) in [6.45, 7) is 8.54. The lowest BCUT2D eigenvalue weighted by Crippen LogP contribution is -2.32. The molecule has 176 valence electrons. The molecule has 0 aliphatic carbocycles. The molecule has 0 saturated heterocycles. The third-order valence-electron chi connectivity index (χ3n) is 5.71. The third-order valence-corrected chi connectivity index (χ3v) is 5.71. The number of carbonyl (C=O) groups is 2. The van der Waals surface area contributed by atoms with Gasteiger partial charge in [-0.3, -0.25) is 9.59 Å². The van der Waals surface area contributed by atoms with Gasteiger partial charge in [-0.1, -0.05) is 44.9 Å². The molecule has 0 fully saturated rings. The van der Waals surface area contributed by atoms with E-state index in [0.29, 0.717) is 37.7 Å². The number of hydrogen-bond acceptors (Lipinski definition) is 3. The van der Waals surface area contributed by atoms with Crippen LogP contribution in [0.15, 0.2) is 59.1 Å². The van der Waals surface area contributed by atoms with E-state index in [1.807, 2.05) is 60.5 Å². The van der Waals surface area contributed by atoms with Crippen molar-refractivity contribution < 1.29 is 14.0 Å². The highest BCUT2D eigenvalue weighted by molar-refractivity contribution is 5.95. The molecule has 0 aliphatic rings. The van der Waals surface area contributed by atoms with Gasteiger partial charge in [-0.15, -0.1) is 0 Å². The first-order valence-electron chi connectivity index (χ1n) is 11.9. The summed E-state index contributed by atoms with van der Waals surface area (Å²) in [5.41, 5.74) is 2.74. The standard InChI is InChI=1S/C27H35N3O3/c1-4-6-9-16-28-26(31)25-15-14-23(33-25)20-29-18-10-12-22(29)19-30(17-5-2)27(32)24-13-8-7-11-21(24)3/h7-8,10-15,18H,4-6,9,16-17,19-20H2,1-3H3,(H,28,31). The van der Waals surface area contributed by atoms with Crippen molar-refractivity contribution in [2.45, 2.75) is 59.5 Å². The van der Waals surface area contributed by atoms with Crippen molar-refractivity contribution in [3.8, 4) is 0 Å². The van der Waals surface area contributed by atoms with Crippen molar-refractivity contribution in [1.29, 1.82) is 0 Å². The van der Waals surface area contributed by atoms with Crippen molar-refractivity contribution in [2.75, 3.05) is 13.1 Å². The first kappa shape index (κ1) is 24.4. The van der Waals surface area contributed by atoms with E-state index in [9.17, 15) is 9.59 Å². The molecule has 33 heavy (non-hydrogen) atoms. The summed E-state index contributed by atoms with van der Waals surface area (Å²) in [7, 11) is 0. The first-order chi connectivity index (χ1) is 16.0. The number of aryl methyl sites for hydroxylation is 1. The predicted octanol–water partition coefficient (Wildman–Crippen LogP) is 5.41. The molecule has 3 aromatic rings. The Morgan fingerprint density at radius 2 is 1.82 bits per heavy atom. The summed E-state index contributed by atoms with van der Waals surface area (Å²) in [6.07, 6.45) is 6.05. The molecule has 1 N–H and O–H groups in total. The molecule has 0 radical (unpaired) electrons. The first-order valence-corrected chi connectivity index (χ1v) is 11.9. The maximum Gasteiger partial charge on any atom is 0.286 e. The maximum atomic E-state index is 13.2. The Hall–Kier alpha value is -3.28. The molecule has 2 amide bonds. The highest BCUT2D eigenvalue weighted by Gasteiger charge is 2.19. The van der Waals surface area contributed by atoms with Crippen molar-refractivity contribution in [3.63, 3.8) is 0 Å². The van der Waals surface area contributed by atoms with Crippen LogP contribution < -0.4 is 5.32 Å². The van der Waals surface area contributed by atoms with Gasteiger partial charge in [0.1, 0.15) is 5.76 Å². The van der Waals surface area contributed by atoms with Crippen LogP contribution in [0.4, 0.5) is 0 Å². The van der Waals surface area contributed by atoms with Crippen LogP contribution in [-0.2, 0) is 13.1 Å². The summed E-state index contributed by atoms with van der Waals surface area (Å²) in [4.78, 5) is 27.4. The minimum atomic E-state index is -0.178. The lowest BCUT2D eigenvalue weighted by Gasteiger charge is -2.24. The second-order valence-electron chi connectivity index (χ2n) is 8.40. The fourth-order valence-corrected chi connectivity index (χ4v) is 3.87. The Labute approximate surface area is 196 Å². The van der Waals surface area contributed by atoms with E-state index >= 15 is 0 Å². The van der Waals surface area contributed by atoms with Crippen molar-refractivity contribution in [2.24, 2.45) is 0 Å². The van der Waals surface area contributed by atoms with Crippen molar-refractivity contribution in [3.05, 3.63) is 83.1 Å². The molecular formula is C27H35N3O3. The lowest BCUT2D eigenvalue weighted by atomic mass is 10.1. The fourth-order valence-electron chi connectivity index (χ4n) is 3.87. The highest BCUT2D eigenvalue weighted by Crippen LogP contribution is 2.17. The molecule has 3 rings (SSSR count). The van der Waals surface area contributed by atoms with Gasteiger partial charge in [0.05, 0.1) is 13.1 Å². The minimum absolute atomic E-state index is 0.0442. The van der Waals surface area contributed by atoms with E-state index in [1.165, 1.54) is 0 Å². The predicted molar refractivity (Wildman–Crippen MR) is 130 cm³/mol. The minimum Gasteiger partial charge on any atom is -0.454 e. The molecule has 0 aliphatic heterocycles. The molecule has 0 saturated carbocycles. The van der Waals surface area contributed by atoms with Crippen LogP contribution in [0.3, 0.4) is 0 Å². The van der Waals surface area contributed by atoms with Crippen LogP contribution in [0, 0.1) is 6.92 Å². The number of hydrogen-bond donors (Lipinski definition) is 1. The van der Waals surface area contributed by atoms with E-state index in [2.05, 4.69) is 23.7 Å². The number of amides is 2. The zero-order valence-electron chi connectivity index (χ0n) is 20.0. The van der Waals surface area contributed by atoms with E-state index < -0.39 is 0 Å². The largest absolute Gasteiger partial charge is 0.454 e. The average Bonchev–Trinajstić information content (AvgIpc) is 3.46. The monoisotopic (exact) mass is 449 g/mol. The Kier molecular flexibility index (Phi) is 8.93. The zero-order valence-corrected chi connectivity index (χ0v) is 20.0. The van der Waals surface area contributed by atoms with Gasteiger partial charge in [0.2, 0.25) is 0 Å². The Balaban J connectivity index is 1.67. The van der Waals surface area contributed by atoms with E-state index in [-0.39, 0.29) is 11.8 Å². The van der Waals surface area contributed by atoms with Gasteiger partial charge in [0, 0.05) is 30.5 Å². The normalized spacial score (nSPS) is 10.9. The lowest BCUT2D eigenvalue weighted by molar-refractivity contribution is 0.0738. The van der Waals surface area contributed by atoms with Gasteiger partial charge in [-0.25, -0.2) is 0 Å². The van der Waals surface area contributed by atoms with Crippen LogP contribution in [-0.4, -0.2) is 34.4 Å². The van der Waals surface area contributed by atoms with E-state index in [1.54, 1.807) is 6.07 Å². The summed E-state index contributed by atoms with van der Waals surface area (Å²) in [5, 5.41) is 2.91. The molecular weight excluding hydrogens is 414 g/mol. The van der Waals surface area contributed by atoms with Gasteiger partial charge < -0.3 is 19.2 Å². The molecule has 2 heterocycles. The summed E-state index contributed by atoms with van der Waals surface area (Å²) in [6, 6.07) is 15.3. The van der Waals surface area contributed by atoms with E-state index in [0.717, 1.165) is 42.5 Å². The third kappa shape index (κ3) is 6.60. The topological polar surface area (TPSA) is 67.5 Å². The molecule has 0 bridgehead atoms. The number of aromatic nitrogens is 1. The number of nitrogens with zero attached hydrogens (tertiary/aromatic N) is 2. The quantitative estimate of drug-likeness (QED) is 0.376. The number of benzene rings is 1. The molecule has 6 heteroatoms. The number of unbranched alkanes of at least 4 members (excludes halogenated alkanes) is 2. The highest BCUT2D eigenvalue weighted by atomic mass is 16.4. The summed E-state index contributed by atoms with van der Waals surface area (Å²) >= 11 is 0. The maximum absolute atomic E-state index is 13.2. The Morgan fingerprint density at radius 1 is 1.00 bits per heavy atom. The van der Waals surface area contributed by atoms with E-state index in [4.69, 9.17) is 4.42 Å². The SMILES string of the molecule is CCCCCNC(=O)c1ccc(Cn2cccc2CN(CCC)C(=O)c2ccccc2C)o1. The van der Waals surface area contributed by atoms with Crippen LogP contribution in [0.1, 0.15) is 77.5 Å². The van der Waals surface area contributed by atoms with Crippen molar-refractivity contribution >= 4 is 11.8 Å². The molecule has 0 atom stereocenters. The van der Waals surface area contributed by atoms with Gasteiger partial charge in [-0.2, -0.15) is 0 Å². The van der Waals surface area contributed by atoms with Crippen LogP contribution in [0.2, 0.25) is 0 Å². The number of nitrogens with one attached hydrogen (secondary N) is 1. The van der Waals surface area contributed by atoms with Gasteiger partial charge in [0.25, 0.3) is 11.8 Å². The van der Waals surface area contributed by atoms with Gasteiger partial charge in [-0.05, 0) is 55.7 Å². The van der Waals surface area contributed by atoms with Gasteiger partial charge >= 0.3 is 0 Å². The molecule has 2 aromatic heterocycles.